The van der Waals surface area contributed by atoms with E-state index in [2.05, 4.69) is 16.4 Å². The minimum atomic E-state index is 0.484. The highest BCUT2D eigenvalue weighted by molar-refractivity contribution is 5.33. The van der Waals surface area contributed by atoms with Crippen molar-refractivity contribution in [3.8, 4) is 17.4 Å². The Kier molecular flexibility index (Phi) is 4.36. The van der Waals surface area contributed by atoms with Gasteiger partial charge < -0.3 is 14.8 Å². The van der Waals surface area contributed by atoms with Gasteiger partial charge in [-0.25, -0.2) is 4.98 Å². The number of rotatable bonds is 4. The van der Waals surface area contributed by atoms with Gasteiger partial charge in [0.05, 0.1) is 7.11 Å². The molecule has 0 spiro atoms. The molecule has 2 aromatic rings. The number of hydrogen-bond acceptors (Lipinski definition) is 4. The van der Waals surface area contributed by atoms with E-state index in [0.717, 1.165) is 30.3 Å². The Morgan fingerprint density at radius 1 is 1.10 bits per heavy atom. The number of ether oxygens (including phenoxy) is 2. The highest BCUT2D eigenvalue weighted by Crippen LogP contribution is 2.26. The third-order valence-electron chi connectivity index (χ3n) is 3.74. The molecule has 4 heteroatoms. The van der Waals surface area contributed by atoms with Gasteiger partial charge in [-0.05, 0) is 49.7 Å². The smallest absolute Gasteiger partial charge is 0.219 e. The molecule has 0 aliphatic carbocycles. The maximum atomic E-state index is 5.82. The number of nitrogens with zero attached hydrogens (tertiary/aromatic N) is 1. The van der Waals surface area contributed by atoms with Gasteiger partial charge in [0.25, 0.3) is 0 Å². The van der Waals surface area contributed by atoms with E-state index in [1.54, 1.807) is 7.11 Å². The molecule has 0 unspecified atom stereocenters. The van der Waals surface area contributed by atoms with Gasteiger partial charge in [-0.3, -0.25) is 0 Å². The van der Waals surface area contributed by atoms with Crippen LogP contribution in [-0.2, 0) is 0 Å². The quantitative estimate of drug-likeness (QED) is 0.935. The van der Waals surface area contributed by atoms with Crippen molar-refractivity contribution >= 4 is 0 Å². The summed E-state index contributed by atoms with van der Waals surface area (Å²) >= 11 is 0. The van der Waals surface area contributed by atoms with E-state index < -0.39 is 0 Å². The molecule has 0 saturated carbocycles. The van der Waals surface area contributed by atoms with Crippen LogP contribution in [0.4, 0.5) is 0 Å². The first-order chi connectivity index (χ1) is 10.3. The van der Waals surface area contributed by atoms with Crippen LogP contribution in [0.5, 0.6) is 17.4 Å². The fraction of sp³-hybridized carbons (Fsp3) is 0.353. The van der Waals surface area contributed by atoms with Gasteiger partial charge >= 0.3 is 0 Å². The molecule has 1 aromatic heterocycles. The largest absolute Gasteiger partial charge is 0.497 e. The van der Waals surface area contributed by atoms with E-state index in [1.165, 1.54) is 12.8 Å². The first-order valence-electron chi connectivity index (χ1n) is 7.35. The molecule has 0 bridgehead atoms. The highest BCUT2D eigenvalue weighted by atomic mass is 16.5. The fourth-order valence-corrected chi connectivity index (χ4v) is 2.58. The second kappa shape index (κ2) is 6.59. The van der Waals surface area contributed by atoms with Crippen molar-refractivity contribution in [1.82, 2.24) is 10.3 Å². The zero-order valence-corrected chi connectivity index (χ0v) is 12.2. The zero-order chi connectivity index (χ0) is 14.5. The molecule has 4 nitrogen and oxygen atoms in total. The fourth-order valence-electron chi connectivity index (χ4n) is 2.58. The van der Waals surface area contributed by atoms with E-state index in [4.69, 9.17) is 9.47 Å². The third kappa shape index (κ3) is 3.52. The standard InChI is InChI=1S/C17H20N2O2/c1-20-14-7-9-15(10-8-14)21-17-6-2-5-16(19-17)13-4-3-11-18-12-13/h2,5-10,13,18H,3-4,11-12H2,1H3/t13-/m1/s1. The second-order valence-corrected chi connectivity index (χ2v) is 5.22. The van der Waals surface area contributed by atoms with Gasteiger partial charge in [-0.15, -0.1) is 0 Å². The first-order valence-corrected chi connectivity index (χ1v) is 7.35. The number of hydrogen-bond donors (Lipinski definition) is 1. The van der Waals surface area contributed by atoms with Crippen molar-refractivity contribution in [3.05, 3.63) is 48.2 Å². The molecule has 1 fully saturated rings. The molecule has 1 aromatic carbocycles. The minimum Gasteiger partial charge on any atom is -0.497 e. The Labute approximate surface area is 125 Å². The summed E-state index contributed by atoms with van der Waals surface area (Å²) in [7, 11) is 1.65. The molecule has 1 aliphatic rings. The number of aromatic nitrogens is 1. The topological polar surface area (TPSA) is 43.4 Å². The predicted molar refractivity (Wildman–Crippen MR) is 82.1 cm³/mol. The van der Waals surface area contributed by atoms with Crippen LogP contribution in [-0.4, -0.2) is 25.2 Å². The van der Waals surface area contributed by atoms with Crippen molar-refractivity contribution < 1.29 is 9.47 Å². The molecule has 0 radical (unpaired) electrons. The molecule has 21 heavy (non-hydrogen) atoms. The molecular formula is C17H20N2O2. The maximum Gasteiger partial charge on any atom is 0.219 e. The van der Waals surface area contributed by atoms with Gasteiger partial charge in [0.2, 0.25) is 5.88 Å². The van der Waals surface area contributed by atoms with Gasteiger partial charge in [0.1, 0.15) is 11.5 Å². The Morgan fingerprint density at radius 3 is 2.62 bits per heavy atom. The lowest BCUT2D eigenvalue weighted by Gasteiger charge is -2.22. The summed E-state index contributed by atoms with van der Waals surface area (Å²) in [6.45, 7) is 2.11. The SMILES string of the molecule is COc1ccc(Oc2cccc([C@@H]3CCCNC3)n2)cc1. The number of benzene rings is 1. The molecule has 110 valence electrons. The lowest BCUT2D eigenvalue weighted by atomic mass is 9.96. The van der Waals surface area contributed by atoms with Gasteiger partial charge in [0, 0.05) is 24.2 Å². The average Bonchev–Trinajstić information content (AvgIpc) is 2.57. The van der Waals surface area contributed by atoms with Gasteiger partial charge in [0.15, 0.2) is 0 Å². The maximum absolute atomic E-state index is 5.82. The summed E-state index contributed by atoms with van der Waals surface area (Å²) in [4.78, 5) is 4.64. The summed E-state index contributed by atoms with van der Waals surface area (Å²) in [6.07, 6.45) is 2.39. The summed E-state index contributed by atoms with van der Waals surface area (Å²) in [6, 6.07) is 13.5. The van der Waals surface area contributed by atoms with E-state index >= 15 is 0 Å². The van der Waals surface area contributed by atoms with Crippen molar-refractivity contribution in [3.63, 3.8) is 0 Å². The Bertz CT molecular complexity index is 578. The average molecular weight is 284 g/mol. The normalized spacial score (nSPS) is 18.2. The number of nitrogens with one attached hydrogen (secondary N) is 1. The molecule has 1 aliphatic heterocycles. The summed E-state index contributed by atoms with van der Waals surface area (Å²) in [5.74, 6) is 2.71. The predicted octanol–water partition coefficient (Wildman–Crippen LogP) is 3.35. The lowest BCUT2D eigenvalue weighted by Crippen LogP contribution is -2.28. The molecule has 1 saturated heterocycles. The Balaban J connectivity index is 1.72. The van der Waals surface area contributed by atoms with E-state index in [1.807, 2.05) is 36.4 Å². The minimum absolute atomic E-state index is 0.484. The van der Waals surface area contributed by atoms with Crippen LogP contribution in [0, 0.1) is 0 Å². The zero-order valence-electron chi connectivity index (χ0n) is 12.2. The lowest BCUT2D eigenvalue weighted by molar-refractivity contribution is 0.411. The van der Waals surface area contributed by atoms with Crippen LogP contribution in [0.15, 0.2) is 42.5 Å². The highest BCUT2D eigenvalue weighted by Gasteiger charge is 2.16. The molecule has 3 rings (SSSR count). The van der Waals surface area contributed by atoms with Gasteiger partial charge in [-0.1, -0.05) is 6.07 Å². The molecule has 0 amide bonds. The Morgan fingerprint density at radius 2 is 1.90 bits per heavy atom. The summed E-state index contributed by atoms with van der Waals surface area (Å²) in [5.41, 5.74) is 1.10. The van der Waals surface area contributed by atoms with Crippen LogP contribution in [0.3, 0.4) is 0 Å². The van der Waals surface area contributed by atoms with Crippen LogP contribution in [0.25, 0.3) is 0 Å². The molecule has 1 atom stereocenters. The summed E-state index contributed by atoms with van der Waals surface area (Å²) in [5, 5.41) is 3.42. The van der Waals surface area contributed by atoms with Crippen LogP contribution in [0.2, 0.25) is 0 Å². The molecular weight excluding hydrogens is 264 g/mol. The van der Waals surface area contributed by atoms with Crippen molar-refractivity contribution in [2.24, 2.45) is 0 Å². The monoisotopic (exact) mass is 284 g/mol. The Hall–Kier alpha value is -2.07. The van der Waals surface area contributed by atoms with E-state index in [9.17, 15) is 0 Å². The summed E-state index contributed by atoms with van der Waals surface area (Å²) < 4.78 is 11.0. The van der Waals surface area contributed by atoms with E-state index in [0.29, 0.717) is 11.8 Å². The molecule has 1 N–H and O–H groups in total. The van der Waals surface area contributed by atoms with Crippen molar-refractivity contribution in [2.75, 3.05) is 20.2 Å². The number of piperidine rings is 1. The van der Waals surface area contributed by atoms with Crippen molar-refractivity contribution in [1.29, 1.82) is 0 Å². The second-order valence-electron chi connectivity index (χ2n) is 5.22. The van der Waals surface area contributed by atoms with Crippen LogP contribution < -0.4 is 14.8 Å². The molecule has 2 heterocycles. The van der Waals surface area contributed by atoms with Crippen molar-refractivity contribution in [2.45, 2.75) is 18.8 Å². The number of pyridine rings is 1. The van der Waals surface area contributed by atoms with E-state index in [-0.39, 0.29) is 0 Å². The number of methoxy groups -OCH3 is 1. The van der Waals surface area contributed by atoms with Gasteiger partial charge in [-0.2, -0.15) is 0 Å². The van der Waals surface area contributed by atoms with Crippen LogP contribution in [0.1, 0.15) is 24.5 Å². The third-order valence-corrected chi connectivity index (χ3v) is 3.74. The first kappa shape index (κ1) is 13.9. The van der Waals surface area contributed by atoms with Crippen LogP contribution >= 0.6 is 0 Å².